The predicted octanol–water partition coefficient (Wildman–Crippen LogP) is 3.04. The molecule has 30 heavy (non-hydrogen) atoms. The lowest BCUT2D eigenvalue weighted by Crippen LogP contribution is -2.51. The molecule has 7 heteroatoms. The molecule has 0 unspecified atom stereocenters. The van der Waals surface area contributed by atoms with Crippen LogP contribution in [0, 0.1) is 11.2 Å². The number of hydrogen-bond donors (Lipinski definition) is 1. The maximum atomic E-state index is 13.3. The first-order chi connectivity index (χ1) is 14.6. The minimum absolute atomic E-state index is 0.0858. The third kappa shape index (κ3) is 5.34. The Balaban J connectivity index is 1.30. The van der Waals surface area contributed by atoms with Gasteiger partial charge in [0.25, 0.3) is 0 Å². The van der Waals surface area contributed by atoms with Gasteiger partial charge in [0.05, 0.1) is 13.2 Å². The summed E-state index contributed by atoms with van der Waals surface area (Å²) in [4.78, 5) is 21.0. The van der Waals surface area contributed by atoms with Gasteiger partial charge in [-0.3, -0.25) is 9.88 Å². The van der Waals surface area contributed by atoms with E-state index in [1.807, 2.05) is 23.4 Å². The minimum atomic E-state index is -0.286. The summed E-state index contributed by atoms with van der Waals surface area (Å²) in [5.41, 5.74) is 2.11. The van der Waals surface area contributed by atoms with Crippen LogP contribution in [0.4, 0.5) is 9.18 Å². The van der Waals surface area contributed by atoms with Crippen molar-refractivity contribution in [1.29, 1.82) is 0 Å². The molecule has 0 bridgehead atoms. The molecule has 1 N–H and O–H groups in total. The molecule has 0 aliphatic carbocycles. The molecule has 2 saturated heterocycles. The summed E-state index contributed by atoms with van der Waals surface area (Å²) in [7, 11) is 0. The molecular weight excluding hydrogens is 383 g/mol. The second-order valence-corrected chi connectivity index (χ2v) is 8.39. The van der Waals surface area contributed by atoms with Crippen LogP contribution < -0.4 is 5.32 Å². The van der Waals surface area contributed by atoms with Gasteiger partial charge in [0, 0.05) is 57.1 Å². The zero-order valence-corrected chi connectivity index (χ0v) is 17.2. The predicted molar refractivity (Wildman–Crippen MR) is 112 cm³/mol. The SMILES string of the molecule is O=C(NCc1cccc(F)c1)N1CCC2(CC1)COCCN(Cc1ccncc1)C2. The van der Waals surface area contributed by atoms with Crippen LogP contribution in [0.1, 0.15) is 24.0 Å². The Bertz CT molecular complexity index is 840. The summed E-state index contributed by atoms with van der Waals surface area (Å²) >= 11 is 0. The zero-order chi connectivity index (χ0) is 20.8. The molecule has 3 heterocycles. The summed E-state index contributed by atoms with van der Waals surface area (Å²) in [6.07, 6.45) is 5.52. The molecule has 160 valence electrons. The molecule has 0 radical (unpaired) electrons. The van der Waals surface area contributed by atoms with Gasteiger partial charge in [-0.15, -0.1) is 0 Å². The first kappa shape index (κ1) is 20.8. The molecule has 2 amide bonds. The van der Waals surface area contributed by atoms with Gasteiger partial charge >= 0.3 is 6.03 Å². The zero-order valence-electron chi connectivity index (χ0n) is 17.2. The van der Waals surface area contributed by atoms with Gasteiger partial charge in [0.15, 0.2) is 0 Å². The van der Waals surface area contributed by atoms with E-state index < -0.39 is 0 Å². The molecule has 2 fully saturated rings. The number of likely N-dealkylation sites (tertiary alicyclic amines) is 1. The third-order valence-corrected chi connectivity index (χ3v) is 6.12. The normalized spacial score (nSPS) is 19.4. The Morgan fingerprint density at radius 2 is 1.93 bits per heavy atom. The number of piperidine rings is 1. The molecule has 1 spiro atoms. The number of hydrogen-bond acceptors (Lipinski definition) is 4. The van der Waals surface area contributed by atoms with Crippen molar-refractivity contribution in [2.75, 3.05) is 39.4 Å². The van der Waals surface area contributed by atoms with E-state index in [0.29, 0.717) is 19.6 Å². The summed E-state index contributed by atoms with van der Waals surface area (Å²) in [5.74, 6) is -0.286. The van der Waals surface area contributed by atoms with E-state index in [4.69, 9.17) is 4.74 Å². The van der Waals surface area contributed by atoms with Gasteiger partial charge in [0.2, 0.25) is 0 Å². The summed E-state index contributed by atoms with van der Waals surface area (Å²) < 4.78 is 19.3. The second-order valence-electron chi connectivity index (χ2n) is 8.39. The number of halogens is 1. The number of rotatable bonds is 4. The number of aromatic nitrogens is 1. The number of nitrogens with zero attached hydrogens (tertiary/aromatic N) is 3. The van der Waals surface area contributed by atoms with Gasteiger partial charge in [-0.1, -0.05) is 12.1 Å². The van der Waals surface area contributed by atoms with Crippen molar-refractivity contribution < 1.29 is 13.9 Å². The molecule has 6 nitrogen and oxygen atoms in total. The van der Waals surface area contributed by atoms with E-state index in [1.165, 1.54) is 17.7 Å². The Morgan fingerprint density at radius 1 is 1.13 bits per heavy atom. The fourth-order valence-corrected chi connectivity index (χ4v) is 4.39. The average molecular weight is 413 g/mol. The maximum absolute atomic E-state index is 13.3. The first-order valence-electron chi connectivity index (χ1n) is 10.6. The molecule has 0 saturated carbocycles. The van der Waals surface area contributed by atoms with E-state index in [0.717, 1.165) is 51.3 Å². The quantitative estimate of drug-likeness (QED) is 0.839. The van der Waals surface area contributed by atoms with E-state index >= 15 is 0 Å². The fraction of sp³-hybridized carbons (Fsp3) is 0.478. The number of urea groups is 1. The molecule has 4 rings (SSSR count). The van der Waals surface area contributed by atoms with E-state index in [2.05, 4.69) is 27.3 Å². The summed E-state index contributed by atoms with van der Waals surface area (Å²) in [5, 5.41) is 2.91. The minimum Gasteiger partial charge on any atom is -0.379 e. The highest BCUT2D eigenvalue weighted by molar-refractivity contribution is 5.74. The van der Waals surface area contributed by atoms with Crippen molar-refractivity contribution in [3.63, 3.8) is 0 Å². The van der Waals surface area contributed by atoms with E-state index in [1.54, 1.807) is 6.07 Å². The van der Waals surface area contributed by atoms with Gasteiger partial charge in [-0.2, -0.15) is 0 Å². The Kier molecular flexibility index (Phi) is 6.59. The lowest BCUT2D eigenvalue weighted by Gasteiger charge is -2.42. The van der Waals surface area contributed by atoms with Crippen LogP contribution in [0.25, 0.3) is 0 Å². The van der Waals surface area contributed by atoms with Crippen molar-refractivity contribution in [3.8, 4) is 0 Å². The number of ether oxygens (including phenoxy) is 1. The van der Waals surface area contributed by atoms with Gasteiger partial charge in [0.1, 0.15) is 5.82 Å². The number of nitrogens with one attached hydrogen (secondary N) is 1. The lowest BCUT2D eigenvalue weighted by atomic mass is 9.78. The largest absolute Gasteiger partial charge is 0.379 e. The second kappa shape index (κ2) is 9.53. The average Bonchev–Trinajstić information content (AvgIpc) is 2.95. The molecular formula is C23H29FN4O2. The van der Waals surface area contributed by atoms with Crippen LogP contribution >= 0.6 is 0 Å². The Morgan fingerprint density at radius 3 is 2.70 bits per heavy atom. The highest BCUT2D eigenvalue weighted by Gasteiger charge is 2.39. The third-order valence-electron chi connectivity index (χ3n) is 6.12. The van der Waals surface area contributed by atoms with E-state index in [-0.39, 0.29) is 17.3 Å². The maximum Gasteiger partial charge on any atom is 0.317 e. The highest BCUT2D eigenvalue weighted by atomic mass is 19.1. The monoisotopic (exact) mass is 412 g/mol. The summed E-state index contributed by atoms with van der Waals surface area (Å²) in [6, 6.07) is 10.4. The topological polar surface area (TPSA) is 57.7 Å². The first-order valence-corrected chi connectivity index (χ1v) is 10.6. The molecule has 2 aliphatic heterocycles. The van der Waals surface area contributed by atoms with Crippen LogP contribution in [0.3, 0.4) is 0 Å². The number of carbonyl (C=O) groups excluding carboxylic acids is 1. The van der Waals surface area contributed by atoms with Gasteiger partial charge in [-0.05, 0) is 48.2 Å². The molecule has 0 atom stereocenters. The molecule has 1 aromatic heterocycles. The number of benzene rings is 1. The lowest BCUT2D eigenvalue weighted by molar-refractivity contribution is 0.0229. The van der Waals surface area contributed by atoms with Crippen LogP contribution in [-0.2, 0) is 17.8 Å². The Hall–Kier alpha value is -2.51. The van der Waals surface area contributed by atoms with Crippen molar-refractivity contribution in [1.82, 2.24) is 20.1 Å². The van der Waals surface area contributed by atoms with Crippen molar-refractivity contribution in [2.45, 2.75) is 25.9 Å². The number of pyridine rings is 1. The molecule has 1 aromatic carbocycles. The van der Waals surface area contributed by atoms with Gasteiger partial charge in [-0.25, -0.2) is 9.18 Å². The van der Waals surface area contributed by atoms with Crippen molar-refractivity contribution >= 4 is 6.03 Å². The van der Waals surface area contributed by atoms with E-state index in [9.17, 15) is 9.18 Å². The van der Waals surface area contributed by atoms with Crippen LogP contribution in [0.2, 0.25) is 0 Å². The van der Waals surface area contributed by atoms with Crippen molar-refractivity contribution in [3.05, 3.63) is 65.7 Å². The number of carbonyl (C=O) groups is 1. The number of amides is 2. The van der Waals surface area contributed by atoms with Crippen molar-refractivity contribution in [2.24, 2.45) is 5.41 Å². The summed E-state index contributed by atoms with van der Waals surface area (Å²) in [6.45, 7) is 6.04. The standard InChI is InChI=1S/C23H29FN4O2/c24-21-3-1-2-20(14-21)15-26-22(29)28-10-6-23(7-11-28)17-27(12-13-30-18-23)16-19-4-8-25-9-5-19/h1-5,8-9,14H,6-7,10-13,15-18H2,(H,26,29). The molecule has 2 aliphatic rings. The highest BCUT2D eigenvalue weighted by Crippen LogP contribution is 2.34. The fourth-order valence-electron chi connectivity index (χ4n) is 4.39. The van der Waals surface area contributed by atoms with Crippen LogP contribution in [-0.4, -0.2) is 60.2 Å². The smallest absolute Gasteiger partial charge is 0.317 e. The Labute approximate surface area is 177 Å². The van der Waals surface area contributed by atoms with Crippen LogP contribution in [0.5, 0.6) is 0 Å². The van der Waals surface area contributed by atoms with Crippen LogP contribution in [0.15, 0.2) is 48.8 Å². The van der Waals surface area contributed by atoms with Gasteiger partial charge < -0.3 is 15.0 Å². The molecule has 2 aromatic rings.